The van der Waals surface area contributed by atoms with E-state index in [0.29, 0.717) is 44.0 Å². The van der Waals surface area contributed by atoms with Crippen molar-refractivity contribution in [2.24, 2.45) is 5.73 Å². The summed E-state index contributed by atoms with van der Waals surface area (Å²) in [5.41, 5.74) is 8.41. The summed E-state index contributed by atoms with van der Waals surface area (Å²) in [5, 5.41) is 2.66. The van der Waals surface area contributed by atoms with Gasteiger partial charge in [-0.15, -0.1) is 0 Å². The van der Waals surface area contributed by atoms with Crippen LogP contribution in [0.15, 0.2) is 54.9 Å². The zero-order valence-electron chi connectivity index (χ0n) is 22.7. The fourth-order valence-corrected chi connectivity index (χ4v) is 5.47. The number of primary amides is 1. The number of morpholine rings is 1. The lowest BCUT2D eigenvalue weighted by molar-refractivity contribution is -0.138. The van der Waals surface area contributed by atoms with Crippen molar-refractivity contribution in [2.45, 2.75) is 32.0 Å². The number of amides is 2. The summed E-state index contributed by atoms with van der Waals surface area (Å²) in [5.74, 6) is -0.899. The van der Waals surface area contributed by atoms with Crippen molar-refractivity contribution in [1.82, 2.24) is 9.88 Å². The maximum Gasteiger partial charge on any atom is 0.416 e. The number of carbonyl (C=O) groups excluding carboxylic acids is 2. The molecule has 0 aliphatic carbocycles. The number of ether oxygens (including phenoxy) is 1. The minimum atomic E-state index is -4.56. The van der Waals surface area contributed by atoms with Crippen LogP contribution in [0.1, 0.15) is 55.3 Å². The second kappa shape index (κ2) is 11.9. The SMILES string of the molecule is Cc1ccc(C(=O)Nc2ccc(CN3CCOCC3)c(C(F)(F)F)c2)cc1C1CCN(c2cncc(C(N)=O)c2)C1. The molecule has 2 fully saturated rings. The van der Waals surface area contributed by atoms with E-state index in [-0.39, 0.29) is 23.7 Å². The van der Waals surface area contributed by atoms with Crippen molar-refractivity contribution in [2.75, 3.05) is 49.6 Å². The van der Waals surface area contributed by atoms with Crippen molar-refractivity contribution in [3.05, 3.63) is 88.2 Å². The van der Waals surface area contributed by atoms with E-state index in [4.69, 9.17) is 10.5 Å². The van der Waals surface area contributed by atoms with Gasteiger partial charge in [-0.1, -0.05) is 12.1 Å². The lowest BCUT2D eigenvalue weighted by Crippen LogP contribution is -2.36. The van der Waals surface area contributed by atoms with Crippen LogP contribution in [0.2, 0.25) is 0 Å². The van der Waals surface area contributed by atoms with Gasteiger partial charge in [0, 0.05) is 56.1 Å². The molecule has 1 unspecified atom stereocenters. The van der Waals surface area contributed by atoms with Gasteiger partial charge in [-0.2, -0.15) is 13.2 Å². The van der Waals surface area contributed by atoms with Crippen LogP contribution in [0.25, 0.3) is 0 Å². The van der Waals surface area contributed by atoms with Gasteiger partial charge in [-0.3, -0.25) is 19.5 Å². The number of aryl methyl sites for hydroxylation is 1. The van der Waals surface area contributed by atoms with Gasteiger partial charge < -0.3 is 20.7 Å². The van der Waals surface area contributed by atoms with Gasteiger partial charge in [0.2, 0.25) is 5.91 Å². The third-order valence-electron chi connectivity index (χ3n) is 7.71. The fourth-order valence-electron chi connectivity index (χ4n) is 5.47. The van der Waals surface area contributed by atoms with Crippen LogP contribution in [0.4, 0.5) is 24.5 Å². The first-order chi connectivity index (χ1) is 19.6. The molecule has 3 heterocycles. The molecule has 8 nitrogen and oxygen atoms in total. The number of anilines is 2. The molecule has 2 aliphatic heterocycles. The molecule has 2 aromatic carbocycles. The molecule has 41 heavy (non-hydrogen) atoms. The molecular formula is C30H32F3N5O3. The Bertz CT molecular complexity index is 1440. The number of nitrogens with two attached hydrogens (primary N) is 1. The van der Waals surface area contributed by atoms with E-state index in [0.717, 1.165) is 35.8 Å². The number of nitrogens with one attached hydrogen (secondary N) is 1. The number of aromatic nitrogens is 1. The van der Waals surface area contributed by atoms with E-state index in [9.17, 15) is 22.8 Å². The monoisotopic (exact) mass is 567 g/mol. The summed E-state index contributed by atoms with van der Waals surface area (Å²) < 4.78 is 47.1. The first-order valence-corrected chi connectivity index (χ1v) is 13.5. The average molecular weight is 568 g/mol. The number of hydrogen-bond donors (Lipinski definition) is 2. The maximum atomic E-state index is 13.9. The molecule has 11 heteroatoms. The molecule has 0 saturated carbocycles. The highest BCUT2D eigenvalue weighted by Gasteiger charge is 2.34. The van der Waals surface area contributed by atoms with Crippen molar-refractivity contribution in [3.63, 3.8) is 0 Å². The van der Waals surface area contributed by atoms with Gasteiger partial charge >= 0.3 is 6.18 Å². The number of alkyl halides is 3. The second-order valence-corrected chi connectivity index (χ2v) is 10.5. The standard InChI is InChI=1S/C30H32F3N5O3/c1-19-2-3-20(13-26(19)21-6-7-38(18-21)25-12-23(28(34)39)15-35-16-25)29(40)36-24-5-4-22(27(14-24)30(31,32)33)17-37-8-10-41-11-9-37/h2-5,12-16,21H,6-11,17-18H2,1H3,(H2,34,39)(H,36,40). The first kappa shape index (κ1) is 28.6. The largest absolute Gasteiger partial charge is 0.416 e. The third-order valence-corrected chi connectivity index (χ3v) is 7.71. The first-order valence-electron chi connectivity index (χ1n) is 13.5. The molecule has 1 atom stereocenters. The van der Waals surface area contributed by atoms with E-state index in [2.05, 4.69) is 15.2 Å². The molecule has 2 saturated heterocycles. The minimum absolute atomic E-state index is 0.0871. The summed E-state index contributed by atoms with van der Waals surface area (Å²) in [6, 6.07) is 11.0. The predicted molar refractivity (Wildman–Crippen MR) is 149 cm³/mol. The Hall–Kier alpha value is -3.96. The molecule has 2 aliphatic rings. The third kappa shape index (κ3) is 6.68. The van der Waals surface area contributed by atoms with Gasteiger partial charge in [0.15, 0.2) is 0 Å². The minimum Gasteiger partial charge on any atom is -0.379 e. The summed E-state index contributed by atoms with van der Waals surface area (Å²) in [6.45, 7) is 5.66. The van der Waals surface area contributed by atoms with Gasteiger partial charge in [0.1, 0.15) is 0 Å². The Morgan fingerprint density at radius 1 is 1.05 bits per heavy atom. The van der Waals surface area contributed by atoms with Gasteiger partial charge in [0.25, 0.3) is 5.91 Å². The van der Waals surface area contributed by atoms with Crippen LogP contribution in [-0.2, 0) is 17.5 Å². The van der Waals surface area contributed by atoms with Crippen LogP contribution in [0.5, 0.6) is 0 Å². The number of halogens is 3. The number of benzene rings is 2. The maximum absolute atomic E-state index is 13.9. The van der Waals surface area contributed by atoms with Gasteiger partial charge in [-0.05, 0) is 60.4 Å². The molecule has 0 spiro atoms. The lowest BCUT2D eigenvalue weighted by atomic mass is 9.92. The number of nitrogens with zero attached hydrogens (tertiary/aromatic N) is 3. The number of rotatable bonds is 7. The molecule has 0 radical (unpaired) electrons. The average Bonchev–Trinajstić information content (AvgIpc) is 3.44. The molecule has 216 valence electrons. The summed E-state index contributed by atoms with van der Waals surface area (Å²) in [6.07, 6.45) is -0.611. The van der Waals surface area contributed by atoms with E-state index < -0.39 is 23.6 Å². The van der Waals surface area contributed by atoms with Crippen molar-refractivity contribution >= 4 is 23.2 Å². The molecule has 2 amide bonds. The zero-order valence-corrected chi connectivity index (χ0v) is 22.7. The highest BCUT2D eigenvalue weighted by Crippen LogP contribution is 2.36. The molecular weight excluding hydrogens is 535 g/mol. The normalized spacial score (nSPS) is 18.0. The number of pyridine rings is 1. The Morgan fingerprint density at radius 3 is 2.56 bits per heavy atom. The van der Waals surface area contributed by atoms with Crippen LogP contribution in [0, 0.1) is 6.92 Å². The molecule has 0 bridgehead atoms. The van der Waals surface area contributed by atoms with E-state index in [1.807, 2.05) is 24.0 Å². The number of carbonyl (C=O) groups is 2. The van der Waals surface area contributed by atoms with Crippen LogP contribution in [-0.4, -0.2) is 61.1 Å². The smallest absolute Gasteiger partial charge is 0.379 e. The van der Waals surface area contributed by atoms with Crippen molar-refractivity contribution < 1.29 is 27.5 Å². The van der Waals surface area contributed by atoms with Gasteiger partial charge in [-0.25, -0.2) is 0 Å². The fraction of sp³-hybridized carbons (Fsp3) is 0.367. The summed E-state index contributed by atoms with van der Waals surface area (Å²) >= 11 is 0. The predicted octanol–water partition coefficient (Wildman–Crippen LogP) is 4.59. The second-order valence-electron chi connectivity index (χ2n) is 10.5. The Balaban J connectivity index is 1.31. The summed E-state index contributed by atoms with van der Waals surface area (Å²) in [4.78, 5) is 32.9. The van der Waals surface area contributed by atoms with E-state index >= 15 is 0 Å². The van der Waals surface area contributed by atoms with E-state index in [1.165, 1.54) is 18.3 Å². The van der Waals surface area contributed by atoms with Crippen molar-refractivity contribution in [1.29, 1.82) is 0 Å². The number of hydrogen-bond acceptors (Lipinski definition) is 6. The highest BCUT2D eigenvalue weighted by atomic mass is 19.4. The van der Waals surface area contributed by atoms with Crippen LogP contribution in [0.3, 0.4) is 0 Å². The lowest BCUT2D eigenvalue weighted by Gasteiger charge is -2.27. The van der Waals surface area contributed by atoms with Gasteiger partial charge in [0.05, 0.1) is 36.2 Å². The molecule has 5 rings (SSSR count). The zero-order chi connectivity index (χ0) is 29.1. The Kier molecular flexibility index (Phi) is 8.27. The Labute approximate surface area is 236 Å². The van der Waals surface area contributed by atoms with Crippen LogP contribution >= 0.6 is 0 Å². The van der Waals surface area contributed by atoms with E-state index in [1.54, 1.807) is 18.3 Å². The van der Waals surface area contributed by atoms with Crippen molar-refractivity contribution in [3.8, 4) is 0 Å². The topological polar surface area (TPSA) is 101 Å². The quantitative estimate of drug-likeness (QED) is 0.434. The Morgan fingerprint density at radius 2 is 1.83 bits per heavy atom. The van der Waals surface area contributed by atoms with Crippen LogP contribution < -0.4 is 16.0 Å². The molecule has 1 aromatic heterocycles. The highest BCUT2D eigenvalue weighted by molar-refractivity contribution is 6.04. The summed E-state index contributed by atoms with van der Waals surface area (Å²) in [7, 11) is 0. The molecule has 3 N–H and O–H groups in total. The molecule has 3 aromatic rings.